The number of nitrogens with one attached hydrogen (secondary N) is 1. The number of carbonyl (C=O) groups is 1. The zero-order valence-electron chi connectivity index (χ0n) is 13.7. The van der Waals surface area contributed by atoms with Crippen LogP contribution in [0.5, 0.6) is 0 Å². The zero-order chi connectivity index (χ0) is 16.5. The molecule has 0 radical (unpaired) electrons. The molecule has 2 saturated heterocycles. The van der Waals surface area contributed by atoms with Gasteiger partial charge in [0.2, 0.25) is 0 Å². The van der Waals surface area contributed by atoms with E-state index < -0.39 is 0 Å². The van der Waals surface area contributed by atoms with Crippen molar-refractivity contribution in [3.63, 3.8) is 0 Å². The van der Waals surface area contributed by atoms with Gasteiger partial charge in [0.15, 0.2) is 0 Å². The number of carbonyl (C=O) groups excluding carboxylic acids is 1. The number of morpholine rings is 1. The Bertz CT molecular complexity index is 717. The predicted molar refractivity (Wildman–Crippen MR) is 88.5 cm³/mol. The van der Waals surface area contributed by atoms with Crippen molar-refractivity contribution >= 4 is 5.91 Å². The van der Waals surface area contributed by atoms with Crippen LogP contribution >= 0.6 is 0 Å². The number of nitrogens with zero attached hydrogens (tertiary/aromatic N) is 4. The van der Waals surface area contributed by atoms with Crippen LogP contribution in [0.15, 0.2) is 30.7 Å². The molecule has 4 rings (SSSR count). The number of amides is 1. The van der Waals surface area contributed by atoms with Gasteiger partial charge in [0.1, 0.15) is 0 Å². The van der Waals surface area contributed by atoms with E-state index in [1.165, 1.54) is 0 Å². The highest BCUT2D eigenvalue weighted by Crippen LogP contribution is 2.26. The number of aromatic nitrogens is 3. The van der Waals surface area contributed by atoms with Gasteiger partial charge in [-0.2, -0.15) is 5.10 Å². The maximum absolute atomic E-state index is 13.0. The van der Waals surface area contributed by atoms with E-state index in [0.29, 0.717) is 12.1 Å². The third-order valence-electron chi connectivity index (χ3n) is 4.99. The molecule has 7 heteroatoms. The maximum atomic E-state index is 13.0. The first kappa shape index (κ1) is 15.3. The smallest absolute Gasteiger partial charge is 0.257 e. The van der Waals surface area contributed by atoms with Crippen LogP contribution in [-0.2, 0) is 4.74 Å². The molecule has 2 aliphatic heterocycles. The number of H-pyrrole nitrogens is 1. The number of rotatable bonds is 2. The number of ether oxygens (including phenoxy) is 1. The largest absolute Gasteiger partial charge is 0.375 e. The van der Waals surface area contributed by atoms with Gasteiger partial charge in [-0.25, -0.2) is 0 Å². The maximum Gasteiger partial charge on any atom is 0.257 e. The fraction of sp³-hybridized carbons (Fsp3) is 0.471. The van der Waals surface area contributed by atoms with Crippen molar-refractivity contribution in [3.05, 3.63) is 36.3 Å². The lowest BCUT2D eigenvalue weighted by atomic mass is 9.98. The molecule has 2 aromatic heterocycles. The lowest BCUT2D eigenvalue weighted by Gasteiger charge is -2.45. The Hall–Kier alpha value is -2.25. The van der Waals surface area contributed by atoms with Crippen molar-refractivity contribution in [1.82, 2.24) is 25.0 Å². The van der Waals surface area contributed by atoms with Crippen LogP contribution in [-0.4, -0.2) is 76.3 Å². The summed E-state index contributed by atoms with van der Waals surface area (Å²) in [6, 6.07) is 4.02. The summed E-state index contributed by atoms with van der Waals surface area (Å²) < 4.78 is 5.86. The molecule has 24 heavy (non-hydrogen) atoms. The molecule has 0 aliphatic carbocycles. The van der Waals surface area contributed by atoms with E-state index in [1.54, 1.807) is 18.6 Å². The summed E-state index contributed by atoms with van der Waals surface area (Å²) in [4.78, 5) is 21.3. The molecule has 0 spiro atoms. The van der Waals surface area contributed by atoms with Crippen LogP contribution in [0.2, 0.25) is 0 Å². The van der Waals surface area contributed by atoms with Gasteiger partial charge < -0.3 is 9.64 Å². The van der Waals surface area contributed by atoms with Gasteiger partial charge in [0, 0.05) is 37.6 Å². The summed E-state index contributed by atoms with van der Waals surface area (Å²) in [7, 11) is 2.11. The summed E-state index contributed by atoms with van der Waals surface area (Å²) in [5.41, 5.74) is 2.27. The first-order valence-electron chi connectivity index (χ1n) is 8.29. The number of aromatic amines is 1. The van der Waals surface area contributed by atoms with Crippen LogP contribution in [0.4, 0.5) is 0 Å². The molecule has 2 atom stereocenters. The average Bonchev–Trinajstić information content (AvgIpc) is 3.12. The van der Waals surface area contributed by atoms with Gasteiger partial charge in [-0.3, -0.25) is 19.8 Å². The number of pyridine rings is 1. The molecule has 2 fully saturated rings. The van der Waals surface area contributed by atoms with Gasteiger partial charge >= 0.3 is 0 Å². The number of fused-ring (bicyclic) bond motifs is 1. The average molecular weight is 327 g/mol. The molecular formula is C17H21N5O2. The van der Waals surface area contributed by atoms with Crippen molar-refractivity contribution in [2.24, 2.45) is 0 Å². The molecule has 2 aromatic rings. The van der Waals surface area contributed by atoms with E-state index in [0.717, 1.165) is 37.4 Å². The van der Waals surface area contributed by atoms with E-state index in [4.69, 9.17) is 4.74 Å². The molecule has 1 amide bonds. The third-order valence-corrected chi connectivity index (χ3v) is 4.99. The van der Waals surface area contributed by atoms with E-state index >= 15 is 0 Å². The predicted octanol–water partition coefficient (Wildman–Crippen LogP) is 1.02. The molecule has 0 aromatic carbocycles. The highest BCUT2D eigenvalue weighted by atomic mass is 16.5. The molecule has 1 N–H and O–H groups in total. The van der Waals surface area contributed by atoms with E-state index in [9.17, 15) is 4.79 Å². The van der Waals surface area contributed by atoms with Crippen LogP contribution < -0.4 is 0 Å². The topological polar surface area (TPSA) is 74.3 Å². The van der Waals surface area contributed by atoms with Crippen molar-refractivity contribution in [2.75, 3.05) is 33.3 Å². The Morgan fingerprint density at radius 2 is 2.17 bits per heavy atom. The first-order chi connectivity index (χ1) is 11.7. The number of piperidine rings is 1. The van der Waals surface area contributed by atoms with Crippen molar-refractivity contribution in [3.8, 4) is 11.3 Å². The Labute approximate surface area is 140 Å². The van der Waals surface area contributed by atoms with Crippen molar-refractivity contribution in [1.29, 1.82) is 0 Å². The molecule has 0 bridgehead atoms. The van der Waals surface area contributed by atoms with Crippen LogP contribution in [0.25, 0.3) is 11.3 Å². The SMILES string of the molecule is CN1CCO[C@H]2CCN(C(=O)c3cn[nH]c3-c3ccncc3)C[C@@H]21. The standard InChI is InChI=1S/C17H21N5O2/c1-21-8-9-24-15-4-7-22(11-14(15)21)17(23)13-10-19-20-16(13)12-2-5-18-6-3-12/h2-3,5-6,10,14-15H,4,7-9,11H2,1H3,(H,19,20)/t14-,15-/m0/s1. The second-order valence-corrected chi connectivity index (χ2v) is 6.39. The number of likely N-dealkylation sites (tertiary alicyclic amines) is 1. The normalized spacial score (nSPS) is 24.6. The summed E-state index contributed by atoms with van der Waals surface area (Å²) in [5.74, 6) is 0.0213. The molecular weight excluding hydrogens is 306 g/mol. The minimum Gasteiger partial charge on any atom is -0.375 e. The highest BCUT2D eigenvalue weighted by molar-refractivity contribution is 5.99. The van der Waals surface area contributed by atoms with Gasteiger partial charge in [0.25, 0.3) is 5.91 Å². The zero-order valence-corrected chi connectivity index (χ0v) is 13.7. The lowest BCUT2D eigenvalue weighted by Crippen LogP contribution is -2.59. The van der Waals surface area contributed by atoms with Gasteiger partial charge in [-0.1, -0.05) is 0 Å². The van der Waals surface area contributed by atoms with Crippen LogP contribution in [0.1, 0.15) is 16.8 Å². The van der Waals surface area contributed by atoms with Gasteiger partial charge in [0.05, 0.1) is 36.2 Å². The molecule has 0 saturated carbocycles. The van der Waals surface area contributed by atoms with Crippen molar-refractivity contribution < 1.29 is 9.53 Å². The quantitative estimate of drug-likeness (QED) is 0.891. The first-order valence-corrected chi connectivity index (χ1v) is 8.29. The van der Waals surface area contributed by atoms with Gasteiger partial charge in [-0.15, -0.1) is 0 Å². The molecule has 2 aliphatic rings. The van der Waals surface area contributed by atoms with Crippen molar-refractivity contribution in [2.45, 2.75) is 18.6 Å². The Morgan fingerprint density at radius 3 is 3.00 bits per heavy atom. The number of likely N-dealkylation sites (N-methyl/N-ethyl adjacent to an activating group) is 1. The highest BCUT2D eigenvalue weighted by Gasteiger charge is 2.37. The van der Waals surface area contributed by atoms with Crippen LogP contribution in [0.3, 0.4) is 0 Å². The summed E-state index contributed by atoms with van der Waals surface area (Å²) >= 11 is 0. The minimum atomic E-state index is 0.0213. The molecule has 0 unspecified atom stereocenters. The third kappa shape index (κ3) is 2.70. The molecule has 4 heterocycles. The van der Waals surface area contributed by atoms with E-state index in [-0.39, 0.29) is 18.1 Å². The Morgan fingerprint density at radius 1 is 1.33 bits per heavy atom. The summed E-state index contributed by atoms with van der Waals surface area (Å²) in [6.07, 6.45) is 6.15. The molecule has 7 nitrogen and oxygen atoms in total. The van der Waals surface area contributed by atoms with E-state index in [2.05, 4.69) is 27.1 Å². The number of hydrogen-bond acceptors (Lipinski definition) is 5. The summed E-state index contributed by atoms with van der Waals surface area (Å²) in [5, 5.41) is 7.03. The Kier molecular flexibility index (Phi) is 4.03. The second kappa shape index (κ2) is 6.33. The Balaban J connectivity index is 1.56. The lowest BCUT2D eigenvalue weighted by molar-refractivity contribution is -0.0893. The second-order valence-electron chi connectivity index (χ2n) is 6.39. The monoisotopic (exact) mass is 327 g/mol. The number of hydrogen-bond donors (Lipinski definition) is 1. The van der Waals surface area contributed by atoms with Gasteiger partial charge in [-0.05, 0) is 25.6 Å². The fourth-order valence-electron chi connectivity index (χ4n) is 3.58. The minimum absolute atomic E-state index is 0.0213. The fourth-order valence-corrected chi connectivity index (χ4v) is 3.58. The van der Waals surface area contributed by atoms with E-state index in [1.807, 2.05) is 17.0 Å². The van der Waals surface area contributed by atoms with Crippen LogP contribution in [0, 0.1) is 0 Å². The molecule has 126 valence electrons. The summed E-state index contributed by atoms with van der Waals surface area (Å²) in [6.45, 7) is 3.10.